The summed E-state index contributed by atoms with van der Waals surface area (Å²) in [6.45, 7) is 2.37. The molecule has 0 amide bonds. The zero-order chi connectivity index (χ0) is 11.3. The van der Waals surface area contributed by atoms with Gasteiger partial charge in [0.05, 0.1) is 0 Å². The maximum absolute atomic E-state index is 11.4. The third-order valence-electron chi connectivity index (χ3n) is 2.37. The van der Waals surface area contributed by atoms with Crippen molar-refractivity contribution in [2.45, 2.75) is 12.8 Å². The summed E-state index contributed by atoms with van der Waals surface area (Å²) in [6, 6.07) is 0. The fraction of sp³-hybridized carbons (Fsp3) is 0.778. The molecule has 1 aliphatic heterocycles. The molecule has 0 saturated heterocycles. The average molecular weight is 233 g/mol. The van der Waals surface area contributed by atoms with Gasteiger partial charge in [-0.15, -0.1) is 0 Å². The molecule has 0 spiro atoms. The van der Waals surface area contributed by atoms with Crippen LogP contribution < -0.4 is 10.0 Å². The SMILES string of the molecule is CN(C)S(=O)(=O)NCCC1=CCNCC1. The Hall–Kier alpha value is -0.430. The van der Waals surface area contributed by atoms with E-state index in [9.17, 15) is 8.42 Å². The van der Waals surface area contributed by atoms with Crippen molar-refractivity contribution in [3.05, 3.63) is 11.6 Å². The van der Waals surface area contributed by atoms with Crippen LogP contribution in [0.15, 0.2) is 11.6 Å². The van der Waals surface area contributed by atoms with Crippen molar-refractivity contribution >= 4 is 10.2 Å². The van der Waals surface area contributed by atoms with Gasteiger partial charge in [0.2, 0.25) is 0 Å². The molecule has 0 saturated carbocycles. The quantitative estimate of drug-likeness (QED) is 0.641. The summed E-state index contributed by atoms with van der Waals surface area (Å²) in [5.74, 6) is 0. The molecule has 2 N–H and O–H groups in total. The lowest BCUT2D eigenvalue weighted by atomic mass is 10.1. The number of rotatable bonds is 5. The van der Waals surface area contributed by atoms with Gasteiger partial charge in [-0.3, -0.25) is 0 Å². The molecule has 88 valence electrons. The monoisotopic (exact) mass is 233 g/mol. The lowest BCUT2D eigenvalue weighted by molar-refractivity contribution is 0.505. The third kappa shape index (κ3) is 4.29. The highest BCUT2D eigenvalue weighted by atomic mass is 32.2. The van der Waals surface area contributed by atoms with E-state index in [1.54, 1.807) is 0 Å². The first-order valence-electron chi connectivity index (χ1n) is 5.08. The van der Waals surface area contributed by atoms with Gasteiger partial charge in [-0.25, -0.2) is 4.72 Å². The van der Waals surface area contributed by atoms with Gasteiger partial charge in [-0.05, 0) is 19.4 Å². The van der Waals surface area contributed by atoms with Crippen molar-refractivity contribution in [1.29, 1.82) is 0 Å². The minimum atomic E-state index is -3.26. The molecule has 0 fully saturated rings. The Morgan fingerprint density at radius 3 is 2.80 bits per heavy atom. The van der Waals surface area contributed by atoms with E-state index in [4.69, 9.17) is 0 Å². The predicted octanol–water partition coefficient (Wildman–Crippen LogP) is -0.308. The van der Waals surface area contributed by atoms with Crippen LogP contribution in [0.2, 0.25) is 0 Å². The van der Waals surface area contributed by atoms with Crippen molar-refractivity contribution in [3.8, 4) is 0 Å². The summed E-state index contributed by atoms with van der Waals surface area (Å²) in [5.41, 5.74) is 1.33. The minimum Gasteiger partial charge on any atom is -0.313 e. The van der Waals surface area contributed by atoms with E-state index >= 15 is 0 Å². The standard InChI is InChI=1S/C9H19N3O2S/c1-12(2)15(13,14)11-8-5-9-3-6-10-7-4-9/h3,10-11H,4-8H2,1-2H3. The van der Waals surface area contributed by atoms with Gasteiger partial charge in [-0.1, -0.05) is 11.6 Å². The molecule has 15 heavy (non-hydrogen) atoms. The van der Waals surface area contributed by atoms with Gasteiger partial charge < -0.3 is 5.32 Å². The van der Waals surface area contributed by atoms with E-state index < -0.39 is 10.2 Å². The largest absolute Gasteiger partial charge is 0.313 e. The minimum absolute atomic E-state index is 0.479. The molecule has 1 heterocycles. The molecule has 1 aliphatic rings. The topological polar surface area (TPSA) is 61.4 Å². The van der Waals surface area contributed by atoms with Crippen LogP contribution in [0.4, 0.5) is 0 Å². The van der Waals surface area contributed by atoms with Crippen LogP contribution in [0.1, 0.15) is 12.8 Å². The van der Waals surface area contributed by atoms with Crippen molar-refractivity contribution in [2.24, 2.45) is 0 Å². The number of nitrogens with one attached hydrogen (secondary N) is 2. The predicted molar refractivity (Wildman–Crippen MR) is 60.8 cm³/mol. The second kappa shape index (κ2) is 5.60. The molecule has 5 nitrogen and oxygen atoms in total. The highest BCUT2D eigenvalue weighted by Crippen LogP contribution is 2.08. The molecule has 0 radical (unpaired) electrons. The molecule has 1 rings (SSSR count). The smallest absolute Gasteiger partial charge is 0.278 e. The van der Waals surface area contributed by atoms with Gasteiger partial charge >= 0.3 is 0 Å². The van der Waals surface area contributed by atoms with Crippen LogP contribution >= 0.6 is 0 Å². The van der Waals surface area contributed by atoms with Gasteiger partial charge in [0.25, 0.3) is 10.2 Å². The van der Waals surface area contributed by atoms with E-state index in [1.165, 1.54) is 24.0 Å². The van der Waals surface area contributed by atoms with Crippen LogP contribution in [-0.2, 0) is 10.2 Å². The molecule has 0 bridgehead atoms. The van der Waals surface area contributed by atoms with Crippen LogP contribution in [0.25, 0.3) is 0 Å². The van der Waals surface area contributed by atoms with Gasteiger partial charge in [0.15, 0.2) is 0 Å². The lowest BCUT2D eigenvalue weighted by Crippen LogP contribution is -2.36. The number of nitrogens with zero attached hydrogens (tertiary/aromatic N) is 1. The third-order valence-corrected chi connectivity index (χ3v) is 3.90. The zero-order valence-electron chi connectivity index (χ0n) is 9.28. The van der Waals surface area contributed by atoms with Crippen LogP contribution in [0.3, 0.4) is 0 Å². The van der Waals surface area contributed by atoms with Crippen LogP contribution in [0.5, 0.6) is 0 Å². The Kier molecular flexibility index (Phi) is 4.72. The summed E-state index contributed by atoms with van der Waals surface area (Å²) in [5, 5.41) is 3.22. The first kappa shape index (κ1) is 12.6. The number of hydrogen-bond donors (Lipinski definition) is 2. The maximum atomic E-state index is 11.4. The van der Waals surface area contributed by atoms with Crippen molar-refractivity contribution < 1.29 is 8.42 Å². The van der Waals surface area contributed by atoms with Crippen molar-refractivity contribution in [1.82, 2.24) is 14.3 Å². The summed E-state index contributed by atoms with van der Waals surface area (Å²) in [4.78, 5) is 0. The first-order chi connectivity index (χ1) is 7.02. The Labute approximate surface area is 91.7 Å². The van der Waals surface area contributed by atoms with Gasteiger partial charge in [0, 0.05) is 27.2 Å². The van der Waals surface area contributed by atoms with Crippen molar-refractivity contribution in [2.75, 3.05) is 33.7 Å². The molecular formula is C9H19N3O2S. The molecule has 0 atom stereocenters. The Morgan fingerprint density at radius 2 is 2.27 bits per heavy atom. The van der Waals surface area contributed by atoms with E-state index in [0.29, 0.717) is 6.54 Å². The second-order valence-electron chi connectivity index (χ2n) is 3.75. The number of hydrogen-bond acceptors (Lipinski definition) is 3. The zero-order valence-corrected chi connectivity index (χ0v) is 10.1. The normalized spacial score (nSPS) is 17.9. The molecule has 0 aromatic carbocycles. The Bertz CT molecular complexity index is 322. The Balaban J connectivity index is 2.30. The van der Waals surface area contributed by atoms with Crippen LogP contribution in [0, 0.1) is 0 Å². The molecular weight excluding hydrogens is 214 g/mol. The highest BCUT2D eigenvalue weighted by molar-refractivity contribution is 7.87. The molecule has 0 aliphatic carbocycles. The van der Waals surface area contributed by atoms with E-state index in [0.717, 1.165) is 25.9 Å². The van der Waals surface area contributed by atoms with E-state index in [1.807, 2.05) is 0 Å². The summed E-state index contributed by atoms with van der Waals surface area (Å²) in [6.07, 6.45) is 3.95. The average Bonchev–Trinajstić information content (AvgIpc) is 2.19. The molecule has 0 unspecified atom stereocenters. The Morgan fingerprint density at radius 1 is 1.53 bits per heavy atom. The highest BCUT2D eigenvalue weighted by Gasteiger charge is 2.12. The van der Waals surface area contributed by atoms with Crippen molar-refractivity contribution in [3.63, 3.8) is 0 Å². The van der Waals surface area contributed by atoms with Crippen LogP contribution in [-0.4, -0.2) is 46.5 Å². The second-order valence-corrected chi connectivity index (χ2v) is 5.72. The van der Waals surface area contributed by atoms with Gasteiger partial charge in [0.1, 0.15) is 0 Å². The molecule has 0 aromatic rings. The molecule has 6 heteroatoms. The van der Waals surface area contributed by atoms with E-state index in [-0.39, 0.29) is 0 Å². The van der Waals surface area contributed by atoms with E-state index in [2.05, 4.69) is 16.1 Å². The first-order valence-corrected chi connectivity index (χ1v) is 6.52. The summed E-state index contributed by atoms with van der Waals surface area (Å²) in [7, 11) is -0.219. The fourth-order valence-electron chi connectivity index (χ4n) is 1.37. The summed E-state index contributed by atoms with van der Waals surface area (Å²) >= 11 is 0. The maximum Gasteiger partial charge on any atom is 0.278 e. The fourth-order valence-corrected chi connectivity index (χ4v) is 1.98. The van der Waals surface area contributed by atoms with Gasteiger partial charge in [-0.2, -0.15) is 12.7 Å². The summed E-state index contributed by atoms with van der Waals surface area (Å²) < 4.78 is 26.4. The molecule has 0 aromatic heterocycles. The lowest BCUT2D eigenvalue weighted by Gasteiger charge is -2.15.